The number of nitrogens with zero attached hydrogens (tertiary/aromatic N) is 2. The van der Waals surface area contributed by atoms with Crippen molar-refractivity contribution in [2.24, 2.45) is 5.41 Å². The van der Waals surface area contributed by atoms with Crippen molar-refractivity contribution < 1.29 is 4.42 Å². The number of anilines is 1. The van der Waals surface area contributed by atoms with Crippen molar-refractivity contribution in [1.82, 2.24) is 10.2 Å². The highest BCUT2D eigenvalue weighted by atomic mass is 79.9. The van der Waals surface area contributed by atoms with E-state index < -0.39 is 0 Å². The Kier molecular flexibility index (Phi) is 3.70. The summed E-state index contributed by atoms with van der Waals surface area (Å²) >= 11 is 3.55. The first-order valence-electron chi connectivity index (χ1n) is 9.50. The average molecular weight is 402 g/mol. The predicted octanol–water partition coefficient (Wildman–Crippen LogP) is 5.41. The Hall–Kier alpha value is -1.36. The van der Waals surface area contributed by atoms with Crippen molar-refractivity contribution >= 4 is 21.6 Å². The molecular formula is C20H24BrN3O. The molecule has 25 heavy (non-hydrogen) atoms. The van der Waals surface area contributed by atoms with Crippen molar-refractivity contribution in [3.63, 3.8) is 0 Å². The molecule has 4 saturated carbocycles. The molecule has 5 heteroatoms. The zero-order valence-electron chi connectivity index (χ0n) is 14.4. The quantitative estimate of drug-likeness (QED) is 0.726. The fraction of sp³-hybridized carbons (Fsp3) is 0.600. The highest BCUT2D eigenvalue weighted by Crippen LogP contribution is 2.57. The van der Waals surface area contributed by atoms with Crippen molar-refractivity contribution in [1.29, 1.82) is 0 Å². The van der Waals surface area contributed by atoms with Gasteiger partial charge in [0, 0.05) is 28.0 Å². The number of nitrogens with one attached hydrogen (secondary N) is 1. The van der Waals surface area contributed by atoms with E-state index >= 15 is 0 Å². The van der Waals surface area contributed by atoms with Crippen molar-refractivity contribution in [2.45, 2.75) is 62.7 Å². The van der Waals surface area contributed by atoms with Crippen LogP contribution in [0.2, 0.25) is 0 Å². The third-order valence-electron chi connectivity index (χ3n) is 6.71. The summed E-state index contributed by atoms with van der Waals surface area (Å²) in [6, 6.07) is 8.46. The molecule has 4 aliphatic carbocycles. The largest absolute Gasteiger partial charge is 0.424 e. The van der Waals surface area contributed by atoms with Gasteiger partial charge in [-0.05, 0) is 75.0 Å². The second-order valence-corrected chi connectivity index (χ2v) is 9.28. The standard InChI is InChI=1S/C20H24BrN3O/c21-15-2-1-3-16(12-15)22-13-19-6-9-20(10-7-19,11-8-19)18-24-23-17(25-18)14-4-5-14/h1-3,12,14,22H,4-11,13H2. The minimum Gasteiger partial charge on any atom is -0.424 e. The van der Waals surface area contributed by atoms with Crippen LogP contribution in [0, 0.1) is 5.41 Å². The molecule has 1 aromatic carbocycles. The van der Waals surface area contributed by atoms with Crippen LogP contribution in [0.4, 0.5) is 5.69 Å². The summed E-state index contributed by atoms with van der Waals surface area (Å²) in [4.78, 5) is 0. The molecule has 2 bridgehead atoms. The van der Waals surface area contributed by atoms with Gasteiger partial charge in [-0.25, -0.2) is 0 Å². The summed E-state index contributed by atoms with van der Waals surface area (Å²) in [6.07, 6.45) is 9.80. The van der Waals surface area contributed by atoms with Crippen molar-refractivity contribution in [3.05, 3.63) is 40.5 Å². The summed E-state index contributed by atoms with van der Waals surface area (Å²) < 4.78 is 7.23. The van der Waals surface area contributed by atoms with E-state index in [1.54, 1.807) is 0 Å². The molecule has 1 heterocycles. The van der Waals surface area contributed by atoms with E-state index in [1.165, 1.54) is 57.1 Å². The molecule has 0 atom stereocenters. The number of rotatable bonds is 5. The van der Waals surface area contributed by atoms with Crippen LogP contribution in [0.25, 0.3) is 0 Å². The molecule has 0 radical (unpaired) electrons. The summed E-state index contributed by atoms with van der Waals surface area (Å²) in [7, 11) is 0. The van der Waals surface area contributed by atoms with E-state index in [1.807, 2.05) is 0 Å². The van der Waals surface area contributed by atoms with Crippen LogP contribution < -0.4 is 5.32 Å². The fourth-order valence-electron chi connectivity index (χ4n) is 4.68. The average Bonchev–Trinajstić information content (AvgIpc) is 3.38. The van der Waals surface area contributed by atoms with E-state index in [4.69, 9.17) is 4.42 Å². The lowest BCUT2D eigenvalue weighted by Gasteiger charge is -2.52. The molecule has 4 nitrogen and oxygen atoms in total. The normalized spacial score (nSPS) is 31.2. The maximum Gasteiger partial charge on any atom is 0.222 e. The first-order valence-corrected chi connectivity index (χ1v) is 10.3. The van der Waals surface area contributed by atoms with Gasteiger partial charge in [0.2, 0.25) is 11.8 Å². The second kappa shape index (κ2) is 5.83. The Labute approximate surface area is 156 Å². The number of aromatic nitrogens is 2. The van der Waals surface area contributed by atoms with Crippen LogP contribution in [0.3, 0.4) is 0 Å². The van der Waals surface area contributed by atoms with Gasteiger partial charge in [0.1, 0.15) is 0 Å². The third-order valence-corrected chi connectivity index (χ3v) is 7.21. The van der Waals surface area contributed by atoms with Gasteiger partial charge in [-0.1, -0.05) is 22.0 Å². The summed E-state index contributed by atoms with van der Waals surface area (Å²) in [6.45, 7) is 1.07. The summed E-state index contributed by atoms with van der Waals surface area (Å²) in [5.41, 5.74) is 1.80. The van der Waals surface area contributed by atoms with Crippen molar-refractivity contribution in [2.75, 3.05) is 11.9 Å². The number of hydrogen-bond donors (Lipinski definition) is 1. The Balaban J connectivity index is 1.26. The van der Waals surface area contributed by atoms with E-state index in [9.17, 15) is 0 Å². The number of fused-ring (bicyclic) bond motifs is 3. The highest BCUT2D eigenvalue weighted by Gasteiger charge is 2.52. The van der Waals surface area contributed by atoms with Gasteiger partial charge in [-0.15, -0.1) is 10.2 Å². The topological polar surface area (TPSA) is 51.0 Å². The molecule has 6 rings (SSSR count). The molecule has 4 aliphatic rings. The molecule has 1 N–H and O–H groups in total. The molecular weight excluding hydrogens is 378 g/mol. The minimum absolute atomic E-state index is 0.164. The minimum atomic E-state index is 0.164. The van der Waals surface area contributed by atoms with Crippen LogP contribution in [0.1, 0.15) is 69.1 Å². The van der Waals surface area contributed by atoms with Gasteiger partial charge in [-0.3, -0.25) is 0 Å². The molecule has 0 spiro atoms. The zero-order chi connectivity index (χ0) is 16.9. The summed E-state index contributed by atoms with van der Waals surface area (Å²) in [5, 5.41) is 12.5. The molecule has 1 aromatic heterocycles. The number of halogens is 1. The van der Waals surface area contributed by atoms with E-state index in [0.717, 1.165) is 22.8 Å². The first kappa shape index (κ1) is 15.9. The van der Waals surface area contributed by atoms with E-state index in [2.05, 4.69) is 55.7 Å². The Morgan fingerprint density at radius 1 is 1.08 bits per heavy atom. The monoisotopic (exact) mass is 401 g/mol. The molecule has 0 aliphatic heterocycles. The Bertz CT molecular complexity index is 758. The van der Waals surface area contributed by atoms with Crippen LogP contribution in [0.5, 0.6) is 0 Å². The lowest BCUT2D eigenvalue weighted by atomic mass is 9.53. The predicted molar refractivity (Wildman–Crippen MR) is 101 cm³/mol. The smallest absolute Gasteiger partial charge is 0.222 e. The second-order valence-electron chi connectivity index (χ2n) is 8.36. The van der Waals surface area contributed by atoms with Gasteiger partial charge in [0.25, 0.3) is 0 Å². The lowest BCUT2D eigenvalue weighted by molar-refractivity contribution is 0.0349. The van der Waals surface area contributed by atoms with Gasteiger partial charge in [0.15, 0.2) is 0 Å². The van der Waals surface area contributed by atoms with Crippen LogP contribution in [0.15, 0.2) is 33.2 Å². The van der Waals surface area contributed by atoms with E-state index in [0.29, 0.717) is 11.3 Å². The van der Waals surface area contributed by atoms with E-state index in [-0.39, 0.29) is 5.41 Å². The molecule has 0 saturated heterocycles. The Morgan fingerprint density at radius 2 is 1.84 bits per heavy atom. The zero-order valence-corrected chi connectivity index (χ0v) is 16.0. The van der Waals surface area contributed by atoms with Gasteiger partial charge >= 0.3 is 0 Å². The maximum absolute atomic E-state index is 6.10. The molecule has 0 amide bonds. The van der Waals surface area contributed by atoms with Crippen LogP contribution >= 0.6 is 15.9 Å². The molecule has 4 fully saturated rings. The Morgan fingerprint density at radius 3 is 2.52 bits per heavy atom. The maximum atomic E-state index is 6.10. The number of hydrogen-bond acceptors (Lipinski definition) is 4. The van der Waals surface area contributed by atoms with Gasteiger partial charge < -0.3 is 9.73 Å². The van der Waals surface area contributed by atoms with Crippen LogP contribution in [-0.4, -0.2) is 16.7 Å². The van der Waals surface area contributed by atoms with Crippen LogP contribution in [-0.2, 0) is 5.41 Å². The van der Waals surface area contributed by atoms with Gasteiger partial charge in [-0.2, -0.15) is 0 Å². The fourth-order valence-corrected chi connectivity index (χ4v) is 5.08. The highest BCUT2D eigenvalue weighted by molar-refractivity contribution is 9.10. The van der Waals surface area contributed by atoms with Gasteiger partial charge in [0.05, 0.1) is 0 Å². The molecule has 132 valence electrons. The summed E-state index contributed by atoms with van der Waals surface area (Å²) in [5.74, 6) is 2.38. The molecule has 2 aromatic rings. The SMILES string of the molecule is Brc1cccc(NCC23CCC(c4nnc(C5CC5)o4)(CC2)CC3)c1. The lowest BCUT2D eigenvalue weighted by Crippen LogP contribution is -2.47. The van der Waals surface area contributed by atoms with Crippen molar-refractivity contribution in [3.8, 4) is 0 Å². The third kappa shape index (κ3) is 2.90. The molecule has 0 unspecified atom stereocenters. The number of benzene rings is 1. The first-order chi connectivity index (χ1) is 12.2.